The van der Waals surface area contributed by atoms with Gasteiger partial charge in [-0.2, -0.15) is 0 Å². The topological polar surface area (TPSA) is 41.6 Å². The molecule has 17 heavy (non-hydrogen) atoms. The third kappa shape index (κ3) is 2.39. The van der Waals surface area contributed by atoms with Crippen LogP contribution >= 0.6 is 0 Å². The Balaban J connectivity index is 2.13. The van der Waals surface area contributed by atoms with Gasteiger partial charge in [-0.15, -0.1) is 0 Å². The minimum atomic E-state index is -0.252. The summed E-state index contributed by atoms with van der Waals surface area (Å²) in [5, 5.41) is 3.36. The minimum Gasteiger partial charge on any atom is -0.380 e. The summed E-state index contributed by atoms with van der Waals surface area (Å²) in [6.07, 6.45) is 2.19. The molecule has 2 heterocycles. The number of ether oxygens (including phenoxy) is 1. The van der Waals surface area contributed by atoms with Crippen molar-refractivity contribution in [3.05, 3.63) is 0 Å². The number of nitrogens with zero attached hydrogens (tertiary/aromatic N) is 1. The molecule has 0 radical (unpaired) electrons. The van der Waals surface area contributed by atoms with Gasteiger partial charge < -0.3 is 10.1 Å². The van der Waals surface area contributed by atoms with Gasteiger partial charge in [-0.05, 0) is 12.8 Å². The Bertz CT molecular complexity index is 298. The molecule has 4 heteroatoms. The summed E-state index contributed by atoms with van der Waals surface area (Å²) in [6, 6.07) is 0.437. The van der Waals surface area contributed by atoms with Crippen LogP contribution in [0.3, 0.4) is 0 Å². The van der Waals surface area contributed by atoms with Crippen LogP contribution in [0.25, 0.3) is 0 Å². The first-order valence-corrected chi connectivity index (χ1v) is 6.48. The van der Waals surface area contributed by atoms with Crippen LogP contribution in [0.5, 0.6) is 0 Å². The molecule has 2 aliphatic rings. The highest BCUT2D eigenvalue weighted by Crippen LogP contribution is 2.31. The summed E-state index contributed by atoms with van der Waals surface area (Å²) in [5.41, 5.74) is -0.252. The molecule has 0 amide bonds. The maximum atomic E-state index is 12.4. The van der Waals surface area contributed by atoms with E-state index in [1.807, 2.05) is 20.8 Å². The number of hydrogen-bond acceptors (Lipinski definition) is 4. The van der Waals surface area contributed by atoms with E-state index in [-0.39, 0.29) is 17.6 Å². The third-order valence-electron chi connectivity index (χ3n) is 3.97. The quantitative estimate of drug-likeness (QED) is 0.782. The van der Waals surface area contributed by atoms with Crippen molar-refractivity contribution < 1.29 is 9.53 Å². The highest BCUT2D eigenvalue weighted by molar-refractivity contribution is 5.88. The predicted molar refractivity (Wildman–Crippen MR) is 66.8 cm³/mol. The van der Waals surface area contributed by atoms with Crippen LogP contribution in [-0.4, -0.2) is 49.2 Å². The van der Waals surface area contributed by atoms with Crippen LogP contribution < -0.4 is 5.32 Å². The van der Waals surface area contributed by atoms with Gasteiger partial charge >= 0.3 is 0 Å². The fourth-order valence-corrected chi connectivity index (χ4v) is 3.00. The molecule has 0 bridgehead atoms. The fraction of sp³-hybridized carbons (Fsp3) is 0.923. The summed E-state index contributed by atoms with van der Waals surface area (Å²) in [4.78, 5) is 14.7. The average Bonchev–Trinajstić information content (AvgIpc) is 2.74. The Labute approximate surface area is 104 Å². The highest BCUT2D eigenvalue weighted by atomic mass is 16.5. The number of Topliss-reactive ketones (excluding diaryl/α,β-unsaturated/α-hetero) is 1. The van der Waals surface area contributed by atoms with Crippen molar-refractivity contribution in [2.45, 2.75) is 51.8 Å². The van der Waals surface area contributed by atoms with E-state index in [1.165, 1.54) is 0 Å². The second kappa shape index (κ2) is 4.67. The predicted octanol–water partition coefficient (Wildman–Crippen LogP) is 1.01. The summed E-state index contributed by atoms with van der Waals surface area (Å²) >= 11 is 0. The van der Waals surface area contributed by atoms with E-state index >= 15 is 0 Å². The molecule has 2 rings (SSSR count). The number of ketones is 1. The molecule has 0 spiro atoms. The molecule has 3 atom stereocenters. The van der Waals surface area contributed by atoms with Gasteiger partial charge in [-0.3, -0.25) is 9.69 Å². The van der Waals surface area contributed by atoms with Crippen molar-refractivity contribution in [2.75, 3.05) is 20.3 Å². The van der Waals surface area contributed by atoms with E-state index in [0.717, 1.165) is 26.1 Å². The smallest absolute Gasteiger partial charge is 0.155 e. The first-order chi connectivity index (χ1) is 7.95. The Hall–Kier alpha value is -0.450. The van der Waals surface area contributed by atoms with Gasteiger partial charge in [0.25, 0.3) is 0 Å². The van der Waals surface area contributed by atoms with E-state index in [9.17, 15) is 4.79 Å². The standard InChI is InChI=1S/C13H24N2O2/c1-13(2,3)12(16)9-5-6-11(17-4)10-7-14-8-15(9)10/h9-11,14H,5-8H2,1-4H3. The third-order valence-corrected chi connectivity index (χ3v) is 3.97. The second-order valence-corrected chi connectivity index (χ2v) is 6.18. The summed E-state index contributed by atoms with van der Waals surface area (Å²) in [7, 11) is 1.77. The van der Waals surface area contributed by atoms with Crippen LogP contribution in [0.2, 0.25) is 0 Å². The van der Waals surface area contributed by atoms with Crippen LogP contribution in [0.1, 0.15) is 33.6 Å². The second-order valence-electron chi connectivity index (χ2n) is 6.18. The molecule has 0 aliphatic carbocycles. The lowest BCUT2D eigenvalue weighted by Gasteiger charge is -2.42. The number of rotatable bonds is 2. The van der Waals surface area contributed by atoms with E-state index in [1.54, 1.807) is 7.11 Å². The van der Waals surface area contributed by atoms with Crippen molar-refractivity contribution in [3.63, 3.8) is 0 Å². The largest absolute Gasteiger partial charge is 0.380 e. The van der Waals surface area contributed by atoms with E-state index in [0.29, 0.717) is 11.8 Å². The van der Waals surface area contributed by atoms with Gasteiger partial charge in [0.1, 0.15) is 0 Å². The number of methoxy groups -OCH3 is 1. The van der Waals surface area contributed by atoms with Crippen molar-refractivity contribution >= 4 is 5.78 Å². The number of carbonyl (C=O) groups excluding carboxylic acids is 1. The molecule has 3 unspecified atom stereocenters. The van der Waals surface area contributed by atoms with Crippen molar-refractivity contribution in [1.82, 2.24) is 10.2 Å². The maximum absolute atomic E-state index is 12.4. The van der Waals surface area contributed by atoms with Gasteiger partial charge in [-0.25, -0.2) is 0 Å². The minimum absolute atomic E-state index is 0.0707. The molecule has 1 N–H and O–H groups in total. The lowest BCUT2D eigenvalue weighted by Crippen LogP contribution is -2.56. The summed E-state index contributed by atoms with van der Waals surface area (Å²) in [6.45, 7) is 7.78. The normalized spacial score (nSPS) is 34.7. The van der Waals surface area contributed by atoms with E-state index in [2.05, 4.69) is 10.2 Å². The Morgan fingerprint density at radius 3 is 2.65 bits per heavy atom. The maximum Gasteiger partial charge on any atom is 0.155 e. The number of hydrogen-bond donors (Lipinski definition) is 1. The van der Waals surface area contributed by atoms with Gasteiger partial charge in [-0.1, -0.05) is 20.8 Å². The van der Waals surface area contributed by atoms with Crippen LogP contribution in [0.15, 0.2) is 0 Å². The number of piperidine rings is 1. The molecule has 98 valence electrons. The SMILES string of the molecule is COC1CCC(C(=O)C(C)(C)C)N2CNCC12. The van der Waals surface area contributed by atoms with Gasteiger partial charge in [0.05, 0.1) is 18.2 Å². The first kappa shape index (κ1) is 13.0. The molecule has 0 saturated carbocycles. The number of carbonyl (C=O) groups is 1. The lowest BCUT2D eigenvalue weighted by molar-refractivity contribution is -0.136. The highest BCUT2D eigenvalue weighted by Gasteiger charge is 2.45. The Morgan fingerprint density at radius 1 is 1.35 bits per heavy atom. The van der Waals surface area contributed by atoms with E-state index < -0.39 is 0 Å². The lowest BCUT2D eigenvalue weighted by atomic mass is 9.81. The van der Waals surface area contributed by atoms with Crippen LogP contribution in [0.4, 0.5) is 0 Å². The Morgan fingerprint density at radius 2 is 2.06 bits per heavy atom. The molecular formula is C13H24N2O2. The summed E-state index contributed by atoms with van der Waals surface area (Å²) in [5.74, 6) is 0.362. The molecule has 4 nitrogen and oxygen atoms in total. The van der Waals surface area contributed by atoms with Crippen molar-refractivity contribution in [1.29, 1.82) is 0 Å². The van der Waals surface area contributed by atoms with Crippen molar-refractivity contribution in [3.8, 4) is 0 Å². The fourth-order valence-electron chi connectivity index (χ4n) is 3.00. The molecule has 0 aromatic heterocycles. The number of nitrogens with one attached hydrogen (secondary N) is 1. The van der Waals surface area contributed by atoms with Gasteiger partial charge in [0, 0.05) is 25.7 Å². The van der Waals surface area contributed by atoms with Crippen LogP contribution in [0, 0.1) is 5.41 Å². The molecule has 0 aromatic carbocycles. The van der Waals surface area contributed by atoms with Gasteiger partial charge in [0.2, 0.25) is 0 Å². The first-order valence-electron chi connectivity index (χ1n) is 6.48. The molecule has 2 fully saturated rings. The number of fused-ring (bicyclic) bond motifs is 1. The summed E-state index contributed by atoms with van der Waals surface area (Å²) < 4.78 is 5.53. The molecule has 2 aliphatic heterocycles. The molecule has 2 saturated heterocycles. The Kier molecular flexibility index (Phi) is 3.57. The average molecular weight is 240 g/mol. The monoisotopic (exact) mass is 240 g/mol. The zero-order valence-corrected chi connectivity index (χ0v) is 11.3. The zero-order valence-electron chi connectivity index (χ0n) is 11.3. The van der Waals surface area contributed by atoms with Crippen LogP contribution in [-0.2, 0) is 9.53 Å². The van der Waals surface area contributed by atoms with E-state index in [4.69, 9.17) is 4.74 Å². The van der Waals surface area contributed by atoms with Gasteiger partial charge in [0.15, 0.2) is 5.78 Å². The molecular weight excluding hydrogens is 216 g/mol. The zero-order chi connectivity index (χ0) is 12.6. The molecule has 0 aromatic rings. The van der Waals surface area contributed by atoms with Crippen molar-refractivity contribution in [2.24, 2.45) is 5.41 Å².